The normalized spacial score (nSPS) is 23.8. The molecule has 1 aliphatic rings. The highest BCUT2D eigenvalue weighted by Crippen LogP contribution is 2.23. The summed E-state index contributed by atoms with van der Waals surface area (Å²) in [6.07, 6.45) is 4.94. The van der Waals surface area contributed by atoms with Crippen LogP contribution >= 0.6 is 0 Å². The lowest BCUT2D eigenvalue weighted by molar-refractivity contribution is -0.128. The van der Waals surface area contributed by atoms with Crippen LogP contribution in [0.5, 0.6) is 0 Å². The lowest BCUT2D eigenvalue weighted by Gasteiger charge is -2.27. The first kappa shape index (κ1) is 16.0. The Kier molecular flexibility index (Phi) is 5.83. The fraction of sp³-hybridized carbons (Fsp3) is 0.867. The van der Waals surface area contributed by atoms with Gasteiger partial charge in [0, 0.05) is 24.4 Å². The molecule has 0 bridgehead atoms. The van der Waals surface area contributed by atoms with Crippen LogP contribution in [0.2, 0.25) is 0 Å². The topological polar surface area (TPSA) is 58.2 Å². The van der Waals surface area contributed by atoms with Gasteiger partial charge in [0.25, 0.3) is 0 Å². The molecular formula is C15H28N2O2. The molecule has 0 saturated heterocycles. The highest BCUT2D eigenvalue weighted by Gasteiger charge is 2.22. The van der Waals surface area contributed by atoms with Crippen molar-refractivity contribution < 1.29 is 9.59 Å². The molecular weight excluding hydrogens is 240 g/mol. The van der Waals surface area contributed by atoms with E-state index in [-0.39, 0.29) is 11.8 Å². The van der Waals surface area contributed by atoms with E-state index in [4.69, 9.17) is 0 Å². The Morgan fingerprint density at radius 2 is 1.68 bits per heavy atom. The van der Waals surface area contributed by atoms with Crippen LogP contribution in [0.4, 0.5) is 0 Å². The largest absolute Gasteiger partial charge is 0.355 e. The standard InChI is InChI=1S/C15H28N2O2/c1-11-5-7-12(8-6-11)17-13(18)9-10-16-14(19)15(2,3)4/h11-12H,5-10H2,1-4H3,(H,16,19)(H,17,18). The third kappa shape index (κ3) is 6.08. The monoisotopic (exact) mass is 268 g/mol. The van der Waals surface area contributed by atoms with Gasteiger partial charge in [0.2, 0.25) is 11.8 Å². The van der Waals surface area contributed by atoms with E-state index in [1.165, 1.54) is 12.8 Å². The Bertz CT molecular complexity index is 313. The zero-order chi connectivity index (χ0) is 14.5. The molecule has 4 heteroatoms. The van der Waals surface area contributed by atoms with Crippen molar-refractivity contribution in [1.82, 2.24) is 10.6 Å². The summed E-state index contributed by atoms with van der Waals surface area (Å²) >= 11 is 0. The average molecular weight is 268 g/mol. The van der Waals surface area contributed by atoms with E-state index < -0.39 is 5.41 Å². The number of rotatable bonds is 4. The maximum Gasteiger partial charge on any atom is 0.225 e. The molecule has 0 spiro atoms. The number of nitrogens with one attached hydrogen (secondary N) is 2. The van der Waals surface area contributed by atoms with Crippen molar-refractivity contribution in [2.24, 2.45) is 11.3 Å². The van der Waals surface area contributed by atoms with Crippen molar-refractivity contribution >= 4 is 11.8 Å². The van der Waals surface area contributed by atoms with Crippen molar-refractivity contribution in [1.29, 1.82) is 0 Å². The molecule has 0 radical (unpaired) electrons. The highest BCUT2D eigenvalue weighted by atomic mass is 16.2. The van der Waals surface area contributed by atoms with Crippen molar-refractivity contribution in [3.05, 3.63) is 0 Å². The minimum Gasteiger partial charge on any atom is -0.355 e. The molecule has 2 N–H and O–H groups in total. The van der Waals surface area contributed by atoms with Gasteiger partial charge in [-0.2, -0.15) is 0 Å². The van der Waals surface area contributed by atoms with E-state index in [1.807, 2.05) is 20.8 Å². The van der Waals surface area contributed by atoms with Crippen LogP contribution < -0.4 is 10.6 Å². The van der Waals surface area contributed by atoms with Gasteiger partial charge in [-0.15, -0.1) is 0 Å². The molecule has 110 valence electrons. The first-order chi connectivity index (χ1) is 8.79. The van der Waals surface area contributed by atoms with Crippen molar-refractivity contribution in [2.75, 3.05) is 6.54 Å². The third-order valence-electron chi connectivity index (χ3n) is 3.70. The maximum absolute atomic E-state index is 11.8. The number of carbonyl (C=O) groups excluding carboxylic acids is 2. The predicted molar refractivity (Wildman–Crippen MR) is 76.6 cm³/mol. The summed E-state index contributed by atoms with van der Waals surface area (Å²) in [4.78, 5) is 23.4. The lowest BCUT2D eigenvalue weighted by Crippen LogP contribution is -2.40. The molecule has 0 aromatic carbocycles. The Morgan fingerprint density at radius 1 is 1.11 bits per heavy atom. The Morgan fingerprint density at radius 3 is 2.21 bits per heavy atom. The molecule has 1 saturated carbocycles. The Labute approximate surface area is 116 Å². The van der Waals surface area contributed by atoms with Gasteiger partial charge in [0.1, 0.15) is 0 Å². The van der Waals surface area contributed by atoms with E-state index >= 15 is 0 Å². The Hall–Kier alpha value is -1.06. The summed E-state index contributed by atoms with van der Waals surface area (Å²) in [6, 6.07) is 0.335. The number of hydrogen-bond donors (Lipinski definition) is 2. The van der Waals surface area contributed by atoms with Gasteiger partial charge in [0.15, 0.2) is 0 Å². The van der Waals surface area contributed by atoms with Gasteiger partial charge in [-0.25, -0.2) is 0 Å². The SMILES string of the molecule is CC1CCC(NC(=O)CCNC(=O)C(C)(C)C)CC1. The fourth-order valence-electron chi connectivity index (χ4n) is 2.26. The average Bonchev–Trinajstić information content (AvgIpc) is 2.31. The first-order valence-corrected chi connectivity index (χ1v) is 7.36. The molecule has 0 atom stereocenters. The van der Waals surface area contributed by atoms with E-state index in [1.54, 1.807) is 0 Å². The minimum absolute atomic E-state index is 0.00760. The van der Waals surface area contributed by atoms with Crippen LogP contribution in [0.3, 0.4) is 0 Å². The number of carbonyl (C=O) groups is 2. The number of amides is 2. The second kappa shape index (κ2) is 6.92. The predicted octanol–water partition coefficient (Wildman–Crippen LogP) is 2.23. The van der Waals surface area contributed by atoms with Gasteiger partial charge < -0.3 is 10.6 Å². The van der Waals surface area contributed by atoms with Crippen LogP contribution in [-0.2, 0) is 9.59 Å². The van der Waals surface area contributed by atoms with E-state index in [0.717, 1.165) is 18.8 Å². The molecule has 0 aliphatic heterocycles. The molecule has 1 aliphatic carbocycles. The lowest BCUT2D eigenvalue weighted by atomic mass is 9.87. The van der Waals surface area contributed by atoms with Crippen LogP contribution in [-0.4, -0.2) is 24.4 Å². The van der Waals surface area contributed by atoms with Gasteiger partial charge in [-0.3, -0.25) is 9.59 Å². The molecule has 0 unspecified atom stereocenters. The van der Waals surface area contributed by atoms with Gasteiger partial charge >= 0.3 is 0 Å². The van der Waals surface area contributed by atoms with E-state index in [9.17, 15) is 9.59 Å². The molecule has 2 amide bonds. The van der Waals surface area contributed by atoms with Crippen molar-refractivity contribution in [3.8, 4) is 0 Å². The van der Waals surface area contributed by atoms with Crippen LogP contribution in [0, 0.1) is 11.3 Å². The molecule has 1 fully saturated rings. The van der Waals surface area contributed by atoms with Gasteiger partial charge in [0.05, 0.1) is 0 Å². The first-order valence-electron chi connectivity index (χ1n) is 7.36. The summed E-state index contributed by atoms with van der Waals surface area (Å²) < 4.78 is 0. The molecule has 1 rings (SSSR count). The van der Waals surface area contributed by atoms with E-state index in [0.29, 0.717) is 19.0 Å². The van der Waals surface area contributed by atoms with Crippen LogP contribution in [0.1, 0.15) is 59.8 Å². The zero-order valence-electron chi connectivity index (χ0n) is 12.7. The summed E-state index contributed by atoms with van der Waals surface area (Å²) in [5, 5.41) is 5.86. The van der Waals surface area contributed by atoms with Crippen LogP contribution in [0.15, 0.2) is 0 Å². The highest BCUT2D eigenvalue weighted by molar-refractivity contribution is 5.82. The molecule has 0 aromatic heterocycles. The molecule has 4 nitrogen and oxygen atoms in total. The summed E-state index contributed by atoms with van der Waals surface area (Å²) in [7, 11) is 0. The van der Waals surface area contributed by atoms with E-state index in [2.05, 4.69) is 17.6 Å². The summed E-state index contributed by atoms with van der Waals surface area (Å²) in [6.45, 7) is 8.29. The van der Waals surface area contributed by atoms with Crippen molar-refractivity contribution in [2.45, 2.75) is 65.8 Å². The summed E-state index contributed by atoms with van der Waals surface area (Å²) in [5.41, 5.74) is -0.393. The molecule has 19 heavy (non-hydrogen) atoms. The quantitative estimate of drug-likeness (QED) is 0.821. The van der Waals surface area contributed by atoms with Gasteiger partial charge in [-0.05, 0) is 31.6 Å². The number of hydrogen-bond acceptors (Lipinski definition) is 2. The molecule has 0 aromatic rings. The second-order valence-corrected chi connectivity index (χ2v) is 6.78. The smallest absolute Gasteiger partial charge is 0.225 e. The minimum atomic E-state index is -0.393. The summed E-state index contributed by atoms with van der Waals surface area (Å²) in [5.74, 6) is 0.833. The third-order valence-corrected chi connectivity index (χ3v) is 3.70. The van der Waals surface area contributed by atoms with Crippen molar-refractivity contribution in [3.63, 3.8) is 0 Å². The zero-order valence-corrected chi connectivity index (χ0v) is 12.7. The Balaban J connectivity index is 2.16. The van der Waals surface area contributed by atoms with Gasteiger partial charge in [-0.1, -0.05) is 27.7 Å². The fourth-order valence-corrected chi connectivity index (χ4v) is 2.26. The second-order valence-electron chi connectivity index (χ2n) is 6.78. The van der Waals surface area contributed by atoms with Crippen LogP contribution in [0.25, 0.3) is 0 Å². The maximum atomic E-state index is 11.8. The molecule has 0 heterocycles.